The molecule has 2 heterocycles. The Bertz CT molecular complexity index is 1220. The van der Waals surface area contributed by atoms with Crippen molar-refractivity contribution in [3.8, 4) is 10.6 Å². The summed E-state index contributed by atoms with van der Waals surface area (Å²) in [5.41, 5.74) is 2.93. The first-order valence-electron chi connectivity index (χ1n) is 8.90. The van der Waals surface area contributed by atoms with E-state index in [4.69, 9.17) is 5.11 Å². The zero-order valence-electron chi connectivity index (χ0n) is 15.7. The summed E-state index contributed by atoms with van der Waals surface area (Å²) in [6, 6.07) is 15.5. The van der Waals surface area contributed by atoms with Crippen LogP contribution in [0.4, 0.5) is 16.0 Å². The van der Waals surface area contributed by atoms with E-state index in [2.05, 4.69) is 20.6 Å². The summed E-state index contributed by atoms with van der Waals surface area (Å²) in [7, 11) is 0. The minimum absolute atomic E-state index is 0.203. The van der Waals surface area contributed by atoms with E-state index < -0.39 is 5.97 Å². The van der Waals surface area contributed by atoms with Gasteiger partial charge in [0.05, 0.1) is 21.8 Å². The number of nitrogens with one attached hydrogen (secondary N) is 2. The number of benzene rings is 2. The highest BCUT2D eigenvalue weighted by atomic mass is 32.1. The van der Waals surface area contributed by atoms with Gasteiger partial charge in [0.15, 0.2) is 10.3 Å². The summed E-state index contributed by atoms with van der Waals surface area (Å²) < 4.78 is 0. The van der Waals surface area contributed by atoms with E-state index in [1.54, 1.807) is 30.3 Å². The maximum Gasteiger partial charge on any atom is 0.335 e. The Labute approximate surface area is 180 Å². The second-order valence-electron chi connectivity index (χ2n) is 6.30. The molecule has 0 fully saturated rings. The first-order chi connectivity index (χ1) is 14.5. The van der Waals surface area contributed by atoms with Gasteiger partial charge in [-0.15, -0.1) is 11.3 Å². The molecule has 0 aliphatic heterocycles. The average Bonchev–Trinajstić information content (AvgIpc) is 3.35. The summed E-state index contributed by atoms with van der Waals surface area (Å²) >= 11 is 2.76. The summed E-state index contributed by atoms with van der Waals surface area (Å²) in [5, 5.41) is 18.1. The van der Waals surface area contributed by atoms with Crippen LogP contribution in [0.5, 0.6) is 0 Å². The molecule has 0 spiro atoms. The molecule has 4 rings (SSSR count). The maximum absolute atomic E-state index is 12.3. The number of carboxylic acids is 1. The summed E-state index contributed by atoms with van der Waals surface area (Å²) in [6.07, 6.45) is 0. The van der Waals surface area contributed by atoms with E-state index in [1.165, 1.54) is 28.7 Å². The zero-order valence-corrected chi connectivity index (χ0v) is 17.4. The Balaban J connectivity index is 1.50. The molecule has 2 aromatic carbocycles. The number of aromatic nitrogens is 2. The van der Waals surface area contributed by atoms with Crippen LogP contribution in [0.2, 0.25) is 0 Å². The molecule has 2 aromatic heterocycles. The van der Waals surface area contributed by atoms with Crippen LogP contribution >= 0.6 is 22.7 Å². The van der Waals surface area contributed by atoms with Gasteiger partial charge in [-0.3, -0.25) is 10.1 Å². The number of carboxylic acid groups (broad SMARTS) is 1. The van der Waals surface area contributed by atoms with Gasteiger partial charge < -0.3 is 10.4 Å². The minimum atomic E-state index is -0.983. The van der Waals surface area contributed by atoms with E-state index in [-0.39, 0.29) is 11.5 Å². The molecule has 1 amide bonds. The highest BCUT2D eigenvalue weighted by Crippen LogP contribution is 2.35. The molecule has 0 unspecified atom stereocenters. The topological polar surface area (TPSA) is 104 Å². The van der Waals surface area contributed by atoms with Crippen LogP contribution in [0.1, 0.15) is 26.4 Å². The summed E-state index contributed by atoms with van der Waals surface area (Å²) in [4.78, 5) is 33.4. The zero-order chi connectivity index (χ0) is 21.1. The predicted molar refractivity (Wildman–Crippen MR) is 119 cm³/mol. The quantitative estimate of drug-likeness (QED) is 0.380. The van der Waals surface area contributed by atoms with Crippen molar-refractivity contribution in [1.82, 2.24) is 9.97 Å². The third-order valence-corrected chi connectivity index (χ3v) is 6.00. The molecule has 30 heavy (non-hydrogen) atoms. The molecule has 3 N–H and O–H groups in total. The SMILES string of the molecule is Cc1nc(NC(=O)c2ccccc2)sc1-c1csc(Nc2cccc(C(=O)O)c2)n1. The van der Waals surface area contributed by atoms with Gasteiger partial charge in [-0.2, -0.15) is 0 Å². The van der Waals surface area contributed by atoms with E-state index in [0.29, 0.717) is 21.5 Å². The van der Waals surface area contributed by atoms with Gasteiger partial charge >= 0.3 is 5.97 Å². The Kier molecular flexibility index (Phi) is 5.55. The van der Waals surface area contributed by atoms with Crippen molar-refractivity contribution >= 4 is 50.5 Å². The molecule has 0 aliphatic rings. The third-order valence-electron chi connectivity index (χ3n) is 4.15. The average molecular weight is 437 g/mol. The molecule has 0 aliphatic carbocycles. The molecule has 0 saturated heterocycles. The molecule has 7 nitrogen and oxygen atoms in total. The van der Waals surface area contributed by atoms with Crippen molar-refractivity contribution in [2.45, 2.75) is 6.92 Å². The Morgan fingerprint density at radius 1 is 0.967 bits per heavy atom. The number of hydrogen-bond donors (Lipinski definition) is 3. The van der Waals surface area contributed by atoms with E-state index in [0.717, 1.165) is 16.3 Å². The van der Waals surface area contributed by atoms with Crippen molar-refractivity contribution in [2.24, 2.45) is 0 Å². The van der Waals surface area contributed by atoms with Gasteiger partial charge in [0.2, 0.25) is 0 Å². The lowest BCUT2D eigenvalue weighted by Gasteiger charge is -2.03. The highest BCUT2D eigenvalue weighted by molar-refractivity contribution is 7.20. The number of carbonyl (C=O) groups excluding carboxylic acids is 1. The van der Waals surface area contributed by atoms with Gasteiger partial charge in [0.1, 0.15) is 0 Å². The smallest absolute Gasteiger partial charge is 0.335 e. The number of hydrogen-bond acceptors (Lipinski definition) is 7. The second kappa shape index (κ2) is 8.44. The van der Waals surface area contributed by atoms with Gasteiger partial charge in [0, 0.05) is 16.6 Å². The Morgan fingerprint density at radius 3 is 2.50 bits per heavy atom. The van der Waals surface area contributed by atoms with Crippen molar-refractivity contribution in [1.29, 1.82) is 0 Å². The maximum atomic E-state index is 12.3. The van der Waals surface area contributed by atoms with Crippen LogP contribution in [0.25, 0.3) is 10.6 Å². The molecule has 9 heteroatoms. The number of nitrogens with zero attached hydrogens (tertiary/aromatic N) is 2. The number of thiazole rings is 2. The van der Waals surface area contributed by atoms with Gasteiger partial charge in [-0.05, 0) is 37.3 Å². The highest BCUT2D eigenvalue weighted by Gasteiger charge is 2.15. The predicted octanol–water partition coefficient (Wildman–Crippen LogP) is 5.27. The molecular weight excluding hydrogens is 420 g/mol. The van der Waals surface area contributed by atoms with Crippen LogP contribution in [-0.4, -0.2) is 27.0 Å². The lowest BCUT2D eigenvalue weighted by Crippen LogP contribution is -2.11. The van der Waals surface area contributed by atoms with Gasteiger partial charge in [-0.25, -0.2) is 14.8 Å². The first-order valence-corrected chi connectivity index (χ1v) is 10.6. The van der Waals surface area contributed by atoms with Crippen LogP contribution in [0, 0.1) is 6.92 Å². The number of aromatic carboxylic acids is 1. The van der Waals surface area contributed by atoms with Crippen LogP contribution < -0.4 is 10.6 Å². The van der Waals surface area contributed by atoms with Gasteiger partial charge in [0.25, 0.3) is 5.91 Å². The molecule has 0 atom stereocenters. The van der Waals surface area contributed by atoms with Crippen molar-refractivity contribution < 1.29 is 14.7 Å². The largest absolute Gasteiger partial charge is 0.478 e. The number of aryl methyl sites for hydroxylation is 1. The third kappa shape index (κ3) is 4.37. The number of anilines is 3. The fraction of sp³-hybridized carbons (Fsp3) is 0.0476. The number of carbonyl (C=O) groups is 2. The molecule has 4 aromatic rings. The summed E-state index contributed by atoms with van der Waals surface area (Å²) in [6.45, 7) is 1.87. The van der Waals surface area contributed by atoms with E-state index >= 15 is 0 Å². The minimum Gasteiger partial charge on any atom is -0.478 e. The van der Waals surface area contributed by atoms with Crippen LogP contribution in [-0.2, 0) is 0 Å². The van der Waals surface area contributed by atoms with E-state index in [9.17, 15) is 9.59 Å². The second-order valence-corrected chi connectivity index (χ2v) is 8.16. The van der Waals surface area contributed by atoms with Gasteiger partial charge in [-0.1, -0.05) is 35.6 Å². The van der Waals surface area contributed by atoms with Crippen molar-refractivity contribution in [3.63, 3.8) is 0 Å². The molecule has 0 bridgehead atoms. The number of rotatable bonds is 6. The standard InChI is InChI=1S/C21H16N4O3S2/c1-12-17(30-21(22-12)25-18(26)13-6-3-2-4-7-13)16-11-29-20(24-16)23-15-9-5-8-14(10-15)19(27)28/h2-11H,1H3,(H,23,24)(H,27,28)(H,22,25,26). The fourth-order valence-corrected chi connectivity index (χ4v) is 4.45. The summed E-state index contributed by atoms with van der Waals surface area (Å²) in [5.74, 6) is -1.20. The monoisotopic (exact) mass is 436 g/mol. The molecular formula is C21H16N4O3S2. The number of amides is 1. The van der Waals surface area contributed by atoms with Crippen molar-refractivity contribution in [2.75, 3.05) is 10.6 Å². The fourth-order valence-electron chi connectivity index (χ4n) is 2.74. The Morgan fingerprint density at radius 2 is 1.73 bits per heavy atom. The van der Waals surface area contributed by atoms with E-state index in [1.807, 2.05) is 30.5 Å². The lowest BCUT2D eigenvalue weighted by molar-refractivity contribution is 0.0696. The molecule has 0 saturated carbocycles. The normalized spacial score (nSPS) is 10.6. The molecule has 150 valence electrons. The van der Waals surface area contributed by atoms with Crippen molar-refractivity contribution in [3.05, 3.63) is 76.8 Å². The first kappa shape index (κ1) is 19.7. The lowest BCUT2D eigenvalue weighted by atomic mass is 10.2. The van der Waals surface area contributed by atoms with Crippen LogP contribution in [0.15, 0.2) is 60.0 Å². The molecule has 0 radical (unpaired) electrons. The van der Waals surface area contributed by atoms with Crippen LogP contribution in [0.3, 0.4) is 0 Å². The Hall–Kier alpha value is -3.56.